The predicted octanol–water partition coefficient (Wildman–Crippen LogP) is 2.21. The number of aliphatic carboxylic acids is 1. The van der Waals surface area contributed by atoms with Crippen LogP contribution in [0, 0.1) is 5.82 Å². The summed E-state index contributed by atoms with van der Waals surface area (Å²) in [5.74, 6) is -2.19. The predicted molar refractivity (Wildman–Crippen MR) is 95.2 cm³/mol. The van der Waals surface area contributed by atoms with E-state index in [2.05, 4.69) is 10.4 Å². The van der Waals surface area contributed by atoms with Crippen molar-refractivity contribution in [3.63, 3.8) is 0 Å². The molecule has 144 valence electrons. The van der Waals surface area contributed by atoms with Gasteiger partial charge in [0.25, 0.3) is 5.91 Å². The van der Waals surface area contributed by atoms with Gasteiger partial charge in [0.1, 0.15) is 17.1 Å². The standard InChI is InChI=1S/C19H22FN3O4/c20-14-6-4-13(5-7-14)12-23-16(24)9-8-15(22-23)17(25)21-19(18(26)27)10-2-1-3-11-19/h4-7H,1-3,8-12H2,(H,21,25)(H,26,27). The summed E-state index contributed by atoms with van der Waals surface area (Å²) >= 11 is 0. The molecule has 1 aromatic rings. The van der Waals surface area contributed by atoms with Crippen LogP contribution in [0.2, 0.25) is 0 Å². The molecule has 1 heterocycles. The first kappa shape index (κ1) is 19.0. The molecule has 0 unspecified atom stereocenters. The highest BCUT2D eigenvalue weighted by molar-refractivity contribution is 6.40. The van der Waals surface area contributed by atoms with Crippen LogP contribution in [0.25, 0.3) is 0 Å². The lowest BCUT2D eigenvalue weighted by Gasteiger charge is -2.34. The highest BCUT2D eigenvalue weighted by Gasteiger charge is 2.42. The summed E-state index contributed by atoms with van der Waals surface area (Å²) in [4.78, 5) is 36.5. The smallest absolute Gasteiger partial charge is 0.329 e. The number of rotatable bonds is 5. The van der Waals surface area contributed by atoms with Gasteiger partial charge in [0.2, 0.25) is 5.91 Å². The summed E-state index contributed by atoms with van der Waals surface area (Å²) < 4.78 is 13.0. The normalized spacial score (nSPS) is 19.4. The Kier molecular flexibility index (Phi) is 5.53. The number of hydrogen-bond donors (Lipinski definition) is 2. The molecule has 3 rings (SSSR count). The average molecular weight is 375 g/mol. The summed E-state index contributed by atoms with van der Waals surface area (Å²) in [6.07, 6.45) is 3.50. The topological polar surface area (TPSA) is 99.1 Å². The Labute approximate surface area is 156 Å². The van der Waals surface area contributed by atoms with Crippen LogP contribution in [-0.4, -0.2) is 39.1 Å². The quantitative estimate of drug-likeness (QED) is 0.824. The molecule has 7 nitrogen and oxygen atoms in total. The Bertz CT molecular complexity index is 770. The van der Waals surface area contributed by atoms with E-state index in [1.807, 2.05) is 0 Å². The molecule has 0 radical (unpaired) electrons. The number of nitrogens with one attached hydrogen (secondary N) is 1. The number of carbonyl (C=O) groups is 3. The van der Waals surface area contributed by atoms with Gasteiger partial charge in [-0.05, 0) is 30.5 Å². The van der Waals surface area contributed by atoms with Gasteiger partial charge in [-0.3, -0.25) is 9.59 Å². The van der Waals surface area contributed by atoms with E-state index in [1.54, 1.807) is 12.1 Å². The van der Waals surface area contributed by atoms with E-state index in [9.17, 15) is 23.9 Å². The molecule has 27 heavy (non-hydrogen) atoms. The lowest BCUT2D eigenvalue weighted by molar-refractivity contribution is -0.148. The van der Waals surface area contributed by atoms with Crippen molar-refractivity contribution in [2.75, 3.05) is 0 Å². The second-order valence-corrected chi connectivity index (χ2v) is 7.03. The SMILES string of the molecule is O=C(NC1(C(=O)O)CCCCC1)C1=NN(Cc2ccc(F)cc2)C(=O)CC1. The summed E-state index contributed by atoms with van der Waals surface area (Å²) in [5, 5.41) is 17.6. The van der Waals surface area contributed by atoms with Crippen LogP contribution < -0.4 is 5.32 Å². The molecule has 1 aromatic carbocycles. The largest absolute Gasteiger partial charge is 0.480 e. The number of carbonyl (C=O) groups excluding carboxylic acids is 2. The van der Waals surface area contributed by atoms with Gasteiger partial charge in [0, 0.05) is 12.8 Å². The Morgan fingerprint density at radius 1 is 1.15 bits per heavy atom. The van der Waals surface area contributed by atoms with Crippen LogP contribution in [0.5, 0.6) is 0 Å². The highest BCUT2D eigenvalue weighted by atomic mass is 19.1. The molecule has 2 amide bonds. The van der Waals surface area contributed by atoms with Gasteiger partial charge in [-0.2, -0.15) is 5.10 Å². The molecule has 0 spiro atoms. The van der Waals surface area contributed by atoms with E-state index in [4.69, 9.17) is 0 Å². The molecule has 0 saturated heterocycles. The van der Waals surface area contributed by atoms with Gasteiger partial charge >= 0.3 is 5.97 Å². The zero-order chi connectivity index (χ0) is 19.4. The van der Waals surface area contributed by atoms with Crippen LogP contribution in [0.4, 0.5) is 4.39 Å². The molecule has 1 saturated carbocycles. The minimum absolute atomic E-state index is 0.119. The van der Waals surface area contributed by atoms with Crippen molar-refractivity contribution in [1.29, 1.82) is 0 Å². The van der Waals surface area contributed by atoms with Crippen LogP contribution in [-0.2, 0) is 20.9 Å². The van der Waals surface area contributed by atoms with Crippen molar-refractivity contribution in [3.8, 4) is 0 Å². The summed E-state index contributed by atoms with van der Waals surface area (Å²) in [5.41, 5.74) is -0.437. The number of amides is 2. The van der Waals surface area contributed by atoms with Crippen molar-refractivity contribution in [1.82, 2.24) is 10.3 Å². The summed E-state index contributed by atoms with van der Waals surface area (Å²) in [6, 6.07) is 5.68. The Balaban J connectivity index is 1.74. The maximum absolute atomic E-state index is 13.0. The Hall–Kier alpha value is -2.77. The third-order valence-corrected chi connectivity index (χ3v) is 5.08. The first-order chi connectivity index (χ1) is 12.9. The van der Waals surface area contributed by atoms with Gasteiger partial charge in [-0.1, -0.05) is 31.4 Å². The van der Waals surface area contributed by atoms with E-state index < -0.39 is 17.4 Å². The van der Waals surface area contributed by atoms with Gasteiger partial charge in [0.05, 0.1) is 6.54 Å². The molecule has 8 heteroatoms. The highest BCUT2D eigenvalue weighted by Crippen LogP contribution is 2.28. The van der Waals surface area contributed by atoms with Gasteiger partial charge in [0.15, 0.2) is 0 Å². The number of carboxylic acids is 1. The van der Waals surface area contributed by atoms with E-state index in [-0.39, 0.29) is 36.8 Å². The molecule has 1 fully saturated rings. The molecule has 0 bridgehead atoms. The van der Waals surface area contributed by atoms with Crippen LogP contribution in [0.3, 0.4) is 0 Å². The molecule has 1 aliphatic heterocycles. The number of halogens is 1. The fourth-order valence-corrected chi connectivity index (χ4v) is 3.49. The zero-order valence-corrected chi connectivity index (χ0v) is 14.9. The molecule has 0 aromatic heterocycles. The van der Waals surface area contributed by atoms with Gasteiger partial charge in [-0.15, -0.1) is 0 Å². The van der Waals surface area contributed by atoms with E-state index in [1.165, 1.54) is 17.1 Å². The lowest BCUT2D eigenvalue weighted by Crippen LogP contribution is -2.57. The molecule has 1 aliphatic carbocycles. The Morgan fingerprint density at radius 2 is 1.81 bits per heavy atom. The number of nitrogens with zero attached hydrogens (tertiary/aromatic N) is 2. The fourth-order valence-electron chi connectivity index (χ4n) is 3.49. The third kappa shape index (κ3) is 4.32. The molecule has 0 atom stereocenters. The maximum Gasteiger partial charge on any atom is 0.329 e. The van der Waals surface area contributed by atoms with Crippen LogP contribution >= 0.6 is 0 Å². The zero-order valence-electron chi connectivity index (χ0n) is 14.9. The van der Waals surface area contributed by atoms with Crippen molar-refractivity contribution in [3.05, 3.63) is 35.6 Å². The molecule has 2 aliphatic rings. The van der Waals surface area contributed by atoms with E-state index in [0.717, 1.165) is 19.3 Å². The van der Waals surface area contributed by atoms with E-state index in [0.29, 0.717) is 18.4 Å². The Morgan fingerprint density at radius 3 is 2.44 bits per heavy atom. The van der Waals surface area contributed by atoms with Crippen molar-refractivity contribution in [2.24, 2.45) is 5.10 Å². The molecule has 2 N–H and O–H groups in total. The van der Waals surface area contributed by atoms with Crippen molar-refractivity contribution < 1.29 is 23.9 Å². The average Bonchev–Trinajstić information content (AvgIpc) is 2.66. The number of benzene rings is 1. The third-order valence-electron chi connectivity index (χ3n) is 5.08. The van der Waals surface area contributed by atoms with E-state index >= 15 is 0 Å². The van der Waals surface area contributed by atoms with Gasteiger partial charge in [-0.25, -0.2) is 14.2 Å². The minimum atomic E-state index is -1.26. The van der Waals surface area contributed by atoms with Crippen molar-refractivity contribution >= 4 is 23.5 Å². The summed E-state index contributed by atoms with van der Waals surface area (Å²) in [6.45, 7) is 0.125. The van der Waals surface area contributed by atoms with Crippen LogP contribution in [0.1, 0.15) is 50.5 Å². The van der Waals surface area contributed by atoms with Crippen molar-refractivity contribution in [2.45, 2.75) is 57.0 Å². The first-order valence-electron chi connectivity index (χ1n) is 9.08. The fraction of sp³-hybridized carbons (Fsp3) is 0.474. The molecular weight excluding hydrogens is 353 g/mol. The number of carboxylic acid groups (broad SMARTS) is 1. The second kappa shape index (κ2) is 7.85. The summed E-state index contributed by atoms with van der Waals surface area (Å²) in [7, 11) is 0. The van der Waals surface area contributed by atoms with Gasteiger partial charge < -0.3 is 10.4 Å². The number of hydrogen-bond acceptors (Lipinski definition) is 4. The lowest BCUT2D eigenvalue weighted by atomic mass is 9.81. The minimum Gasteiger partial charge on any atom is -0.480 e. The maximum atomic E-state index is 13.0. The molecular formula is C19H22FN3O4. The van der Waals surface area contributed by atoms with Crippen LogP contribution in [0.15, 0.2) is 29.4 Å². The second-order valence-electron chi connectivity index (χ2n) is 7.03. The monoisotopic (exact) mass is 375 g/mol. The number of hydrazone groups is 1. The first-order valence-corrected chi connectivity index (χ1v) is 9.08.